The second-order valence-corrected chi connectivity index (χ2v) is 8.95. The van der Waals surface area contributed by atoms with E-state index >= 15 is 0 Å². The molecular formula is C13H18FN2O4S2. The Morgan fingerprint density at radius 2 is 1.45 bits per heavy atom. The number of hydrogen-bond donors (Lipinski definition) is 0. The van der Waals surface area contributed by atoms with Crippen LogP contribution in [-0.2, 0) is 20.0 Å². The van der Waals surface area contributed by atoms with E-state index in [1.54, 1.807) is 0 Å². The van der Waals surface area contributed by atoms with Gasteiger partial charge in [0.15, 0.2) is 0 Å². The lowest BCUT2D eigenvalue weighted by Gasteiger charge is -2.33. The molecule has 0 bridgehead atoms. The molecule has 0 aliphatic carbocycles. The van der Waals surface area contributed by atoms with Gasteiger partial charge in [0.25, 0.3) is 0 Å². The molecule has 2 rings (SSSR count). The summed E-state index contributed by atoms with van der Waals surface area (Å²) in [5.41, 5.74) is 0. The zero-order chi connectivity index (χ0) is 16.4. The van der Waals surface area contributed by atoms with E-state index in [-0.39, 0.29) is 43.2 Å². The molecule has 0 amide bonds. The smallest absolute Gasteiger partial charge is 0.212 e. The topological polar surface area (TPSA) is 74.8 Å². The quantitative estimate of drug-likeness (QED) is 0.784. The van der Waals surface area contributed by atoms with Crippen molar-refractivity contribution in [3.63, 3.8) is 0 Å². The van der Waals surface area contributed by atoms with E-state index < -0.39 is 25.9 Å². The standard InChI is InChI=1S/C13H18FN2O4S2/c1-2-11-21(17,18)15-7-9-16(10-8-15)22(19,20)13-5-3-12(14)4-6-13/h3-6H,1-2,7-11H2. The van der Waals surface area contributed by atoms with Crippen LogP contribution in [0.4, 0.5) is 4.39 Å². The molecule has 6 nitrogen and oxygen atoms in total. The largest absolute Gasteiger partial charge is 0.243 e. The van der Waals surface area contributed by atoms with Crippen LogP contribution in [0.3, 0.4) is 0 Å². The molecule has 1 heterocycles. The molecule has 1 aromatic carbocycles. The highest BCUT2D eigenvalue weighted by molar-refractivity contribution is 7.89. The Morgan fingerprint density at radius 1 is 0.955 bits per heavy atom. The van der Waals surface area contributed by atoms with Crippen LogP contribution in [0.15, 0.2) is 29.2 Å². The number of halogens is 1. The molecule has 9 heteroatoms. The van der Waals surface area contributed by atoms with E-state index in [9.17, 15) is 21.2 Å². The molecule has 0 spiro atoms. The van der Waals surface area contributed by atoms with E-state index in [2.05, 4.69) is 6.92 Å². The van der Waals surface area contributed by atoms with Crippen LogP contribution in [0.5, 0.6) is 0 Å². The fourth-order valence-electron chi connectivity index (χ4n) is 2.26. The average Bonchev–Trinajstić information content (AvgIpc) is 2.48. The van der Waals surface area contributed by atoms with E-state index in [4.69, 9.17) is 0 Å². The predicted molar refractivity (Wildman–Crippen MR) is 80.5 cm³/mol. The molecule has 1 aromatic rings. The van der Waals surface area contributed by atoms with Gasteiger partial charge in [0.05, 0.1) is 10.6 Å². The maximum Gasteiger partial charge on any atom is 0.243 e. The minimum absolute atomic E-state index is 0.00275. The first-order valence-electron chi connectivity index (χ1n) is 6.80. The van der Waals surface area contributed by atoms with Crippen molar-refractivity contribution in [2.45, 2.75) is 11.3 Å². The van der Waals surface area contributed by atoms with Crippen molar-refractivity contribution >= 4 is 20.0 Å². The van der Waals surface area contributed by atoms with Gasteiger partial charge in [-0.25, -0.2) is 21.2 Å². The van der Waals surface area contributed by atoms with Gasteiger partial charge in [0.1, 0.15) is 5.82 Å². The number of sulfonamides is 2. The monoisotopic (exact) mass is 349 g/mol. The Hall–Kier alpha value is -1.03. The first-order chi connectivity index (χ1) is 10.3. The summed E-state index contributed by atoms with van der Waals surface area (Å²) in [6.07, 6.45) is 0.274. The predicted octanol–water partition coefficient (Wildman–Crippen LogP) is 0.686. The highest BCUT2D eigenvalue weighted by atomic mass is 32.2. The Kier molecular flexibility index (Phi) is 5.21. The molecule has 0 atom stereocenters. The molecule has 0 unspecified atom stereocenters. The summed E-state index contributed by atoms with van der Waals surface area (Å²) >= 11 is 0. The van der Waals surface area contributed by atoms with Crippen molar-refractivity contribution in [2.24, 2.45) is 0 Å². The SMILES string of the molecule is [CH2]CCS(=O)(=O)N1CCN(S(=O)(=O)c2ccc(F)cc2)CC1. The van der Waals surface area contributed by atoms with Crippen molar-refractivity contribution in [1.82, 2.24) is 8.61 Å². The summed E-state index contributed by atoms with van der Waals surface area (Å²) in [5.74, 6) is -0.555. The molecule has 22 heavy (non-hydrogen) atoms. The summed E-state index contributed by atoms with van der Waals surface area (Å²) in [5, 5.41) is 0. The Bertz CT molecular complexity index is 709. The number of benzene rings is 1. The van der Waals surface area contributed by atoms with E-state index in [0.29, 0.717) is 0 Å². The van der Waals surface area contributed by atoms with Crippen molar-refractivity contribution in [1.29, 1.82) is 0 Å². The van der Waals surface area contributed by atoms with Gasteiger partial charge in [-0.2, -0.15) is 8.61 Å². The van der Waals surface area contributed by atoms with Gasteiger partial charge in [-0.3, -0.25) is 0 Å². The second-order valence-electron chi connectivity index (χ2n) is 4.93. The molecule has 1 radical (unpaired) electrons. The van der Waals surface area contributed by atoms with Crippen LogP contribution in [0.2, 0.25) is 0 Å². The van der Waals surface area contributed by atoms with Crippen molar-refractivity contribution in [3.8, 4) is 0 Å². The normalized spacial score (nSPS) is 18.5. The minimum atomic E-state index is -3.73. The Labute approximate surface area is 130 Å². The zero-order valence-electron chi connectivity index (χ0n) is 12.0. The van der Waals surface area contributed by atoms with Crippen LogP contribution in [0, 0.1) is 12.7 Å². The molecule has 1 aliphatic heterocycles. The Balaban J connectivity index is 2.09. The first-order valence-corrected chi connectivity index (χ1v) is 9.85. The van der Waals surface area contributed by atoms with E-state index in [1.807, 2.05) is 0 Å². The number of hydrogen-bond acceptors (Lipinski definition) is 4. The third-order valence-corrected chi connectivity index (χ3v) is 7.31. The van der Waals surface area contributed by atoms with Crippen LogP contribution in [-0.4, -0.2) is 57.4 Å². The number of rotatable bonds is 5. The molecule has 0 saturated carbocycles. The molecule has 123 valence electrons. The van der Waals surface area contributed by atoms with Gasteiger partial charge in [0, 0.05) is 26.2 Å². The molecule has 0 N–H and O–H groups in total. The fourth-order valence-corrected chi connectivity index (χ4v) is 5.02. The van der Waals surface area contributed by atoms with Gasteiger partial charge in [0.2, 0.25) is 20.0 Å². The zero-order valence-corrected chi connectivity index (χ0v) is 13.6. The minimum Gasteiger partial charge on any atom is -0.212 e. The lowest BCUT2D eigenvalue weighted by molar-refractivity contribution is 0.273. The van der Waals surface area contributed by atoms with Gasteiger partial charge in [-0.05, 0) is 30.7 Å². The molecule has 1 aliphatic rings. The van der Waals surface area contributed by atoms with Crippen molar-refractivity contribution < 1.29 is 21.2 Å². The first kappa shape index (κ1) is 17.3. The third-order valence-electron chi connectivity index (χ3n) is 3.44. The van der Waals surface area contributed by atoms with Crippen LogP contribution < -0.4 is 0 Å². The van der Waals surface area contributed by atoms with Crippen LogP contribution in [0.25, 0.3) is 0 Å². The fraction of sp³-hybridized carbons (Fsp3) is 0.462. The van der Waals surface area contributed by atoms with Gasteiger partial charge in [-0.15, -0.1) is 0 Å². The van der Waals surface area contributed by atoms with Crippen molar-refractivity contribution in [2.75, 3.05) is 31.9 Å². The Morgan fingerprint density at radius 3 is 1.95 bits per heavy atom. The van der Waals surface area contributed by atoms with Gasteiger partial charge < -0.3 is 0 Å². The molecular weight excluding hydrogens is 331 g/mol. The van der Waals surface area contributed by atoms with Crippen LogP contribution >= 0.6 is 0 Å². The van der Waals surface area contributed by atoms with E-state index in [0.717, 1.165) is 12.1 Å². The maximum atomic E-state index is 12.9. The van der Waals surface area contributed by atoms with E-state index in [1.165, 1.54) is 20.7 Å². The van der Waals surface area contributed by atoms with Crippen molar-refractivity contribution in [3.05, 3.63) is 37.0 Å². The number of nitrogens with zero attached hydrogens (tertiary/aromatic N) is 2. The summed E-state index contributed by atoms with van der Waals surface area (Å²) in [6, 6.07) is 4.58. The lowest BCUT2D eigenvalue weighted by atomic mass is 10.4. The summed E-state index contributed by atoms with van der Waals surface area (Å²) in [4.78, 5) is 0.00275. The average molecular weight is 349 g/mol. The number of piperazine rings is 1. The van der Waals surface area contributed by atoms with Gasteiger partial charge >= 0.3 is 0 Å². The third kappa shape index (κ3) is 3.65. The van der Waals surface area contributed by atoms with Gasteiger partial charge in [-0.1, -0.05) is 6.92 Å². The maximum absolute atomic E-state index is 12.9. The highest BCUT2D eigenvalue weighted by Crippen LogP contribution is 2.19. The molecule has 1 saturated heterocycles. The second kappa shape index (κ2) is 6.61. The highest BCUT2D eigenvalue weighted by Gasteiger charge is 2.32. The van der Waals surface area contributed by atoms with Crippen LogP contribution in [0.1, 0.15) is 6.42 Å². The molecule has 1 fully saturated rings. The molecule has 0 aromatic heterocycles. The summed E-state index contributed by atoms with van der Waals surface area (Å²) in [6.45, 7) is 3.91. The summed E-state index contributed by atoms with van der Waals surface area (Å²) < 4.78 is 64.1. The summed E-state index contributed by atoms with van der Waals surface area (Å²) in [7, 11) is -7.10. The lowest BCUT2D eigenvalue weighted by Crippen LogP contribution is -2.50.